The fraction of sp³-hybridized carbons (Fsp3) is 0.240. The van der Waals surface area contributed by atoms with Crippen molar-refractivity contribution in [2.24, 2.45) is 0 Å². The van der Waals surface area contributed by atoms with E-state index in [2.05, 4.69) is 41.5 Å². The van der Waals surface area contributed by atoms with Gasteiger partial charge in [0, 0.05) is 11.3 Å². The number of benzene rings is 3. The Bertz CT molecular complexity index is 1180. The van der Waals surface area contributed by atoms with Gasteiger partial charge >= 0.3 is 0 Å². The van der Waals surface area contributed by atoms with Crippen LogP contribution in [0.3, 0.4) is 0 Å². The van der Waals surface area contributed by atoms with E-state index >= 15 is 0 Å². The predicted molar refractivity (Wildman–Crippen MR) is 123 cm³/mol. The van der Waals surface area contributed by atoms with E-state index in [0.717, 1.165) is 35.3 Å². The molecule has 158 valence electrons. The highest BCUT2D eigenvalue weighted by Crippen LogP contribution is 2.20. The summed E-state index contributed by atoms with van der Waals surface area (Å²) >= 11 is 0. The zero-order valence-corrected chi connectivity index (χ0v) is 18.0. The molecule has 1 amide bonds. The van der Waals surface area contributed by atoms with Crippen molar-refractivity contribution in [3.8, 4) is 11.4 Å². The largest absolute Gasteiger partial charge is 0.491 e. The molecule has 0 aliphatic heterocycles. The molecule has 0 aliphatic carbocycles. The molecule has 1 heterocycles. The third-order valence-corrected chi connectivity index (χ3v) is 5.24. The molecule has 6 heteroatoms. The third-order valence-electron chi connectivity index (χ3n) is 5.24. The van der Waals surface area contributed by atoms with Crippen LogP contribution < -0.4 is 10.1 Å². The molecule has 4 rings (SSSR count). The summed E-state index contributed by atoms with van der Waals surface area (Å²) in [5.41, 5.74) is 4.89. The molecule has 0 radical (unpaired) electrons. The summed E-state index contributed by atoms with van der Waals surface area (Å²) < 4.78 is 5.77. The van der Waals surface area contributed by atoms with Gasteiger partial charge in [0.05, 0.1) is 11.8 Å². The van der Waals surface area contributed by atoms with Gasteiger partial charge in [0.1, 0.15) is 16.8 Å². The fourth-order valence-corrected chi connectivity index (χ4v) is 3.18. The van der Waals surface area contributed by atoms with Crippen LogP contribution in [-0.4, -0.2) is 27.0 Å². The SMILES string of the molecule is CCc1ccc(-n2nc3ccc(NC(=O)c4ccc(O[C@@H](C)CC)cc4)cc3n2)cc1. The van der Waals surface area contributed by atoms with Crippen LogP contribution in [0.25, 0.3) is 16.7 Å². The maximum absolute atomic E-state index is 12.6. The molecule has 4 aromatic rings. The fourth-order valence-electron chi connectivity index (χ4n) is 3.18. The number of anilines is 1. The lowest BCUT2D eigenvalue weighted by Gasteiger charge is -2.12. The van der Waals surface area contributed by atoms with Crippen LogP contribution in [0.1, 0.15) is 43.1 Å². The number of fused-ring (bicyclic) bond motifs is 1. The average Bonchev–Trinajstić information content (AvgIpc) is 3.23. The van der Waals surface area contributed by atoms with Crippen LogP contribution in [0, 0.1) is 0 Å². The van der Waals surface area contributed by atoms with E-state index in [0.29, 0.717) is 11.3 Å². The van der Waals surface area contributed by atoms with E-state index < -0.39 is 0 Å². The number of aryl methyl sites for hydroxylation is 1. The first-order chi connectivity index (χ1) is 15.1. The second kappa shape index (κ2) is 9.00. The summed E-state index contributed by atoms with van der Waals surface area (Å²) in [5, 5.41) is 12.0. The van der Waals surface area contributed by atoms with Crippen molar-refractivity contribution in [1.29, 1.82) is 0 Å². The Kier molecular flexibility index (Phi) is 5.98. The maximum Gasteiger partial charge on any atom is 0.255 e. The normalized spacial score (nSPS) is 12.0. The molecule has 0 aliphatic rings. The van der Waals surface area contributed by atoms with Gasteiger partial charge < -0.3 is 10.1 Å². The first-order valence-corrected chi connectivity index (χ1v) is 10.6. The van der Waals surface area contributed by atoms with Gasteiger partial charge in [-0.1, -0.05) is 26.0 Å². The number of carbonyl (C=O) groups excluding carboxylic acids is 1. The molecule has 3 aromatic carbocycles. The molecular formula is C25H26N4O2. The Morgan fingerprint density at radius 2 is 1.68 bits per heavy atom. The Morgan fingerprint density at radius 3 is 2.35 bits per heavy atom. The van der Waals surface area contributed by atoms with Crippen molar-refractivity contribution in [3.05, 3.63) is 77.9 Å². The summed E-state index contributed by atoms with van der Waals surface area (Å²) in [6, 6.07) is 20.9. The van der Waals surface area contributed by atoms with Crippen LogP contribution in [0.5, 0.6) is 5.75 Å². The summed E-state index contributed by atoms with van der Waals surface area (Å²) in [5.74, 6) is 0.577. The standard InChI is InChI=1S/C25H26N4O2/c1-4-17(3)31-22-13-8-19(9-14-22)25(30)26-20-10-15-23-24(16-20)28-29(27-23)21-11-6-18(5-2)7-12-21/h6-17H,4-5H2,1-3H3,(H,26,30)/t17-/m0/s1. The molecule has 0 bridgehead atoms. The van der Waals surface area contributed by atoms with Crippen LogP contribution in [-0.2, 0) is 6.42 Å². The van der Waals surface area contributed by atoms with Gasteiger partial charge in [-0.25, -0.2) is 0 Å². The topological polar surface area (TPSA) is 69.0 Å². The third kappa shape index (κ3) is 4.74. The van der Waals surface area contributed by atoms with Crippen LogP contribution >= 0.6 is 0 Å². The monoisotopic (exact) mass is 414 g/mol. The van der Waals surface area contributed by atoms with Gasteiger partial charge in [0.25, 0.3) is 5.91 Å². The van der Waals surface area contributed by atoms with Crippen molar-refractivity contribution in [3.63, 3.8) is 0 Å². The minimum absolute atomic E-state index is 0.143. The number of hydrogen-bond acceptors (Lipinski definition) is 4. The summed E-state index contributed by atoms with van der Waals surface area (Å²) in [4.78, 5) is 14.3. The highest BCUT2D eigenvalue weighted by molar-refractivity contribution is 6.05. The Morgan fingerprint density at radius 1 is 0.968 bits per heavy atom. The number of rotatable bonds is 7. The maximum atomic E-state index is 12.6. The van der Waals surface area contributed by atoms with Gasteiger partial charge in [-0.3, -0.25) is 4.79 Å². The van der Waals surface area contributed by atoms with Crippen molar-refractivity contribution in [2.75, 3.05) is 5.32 Å². The van der Waals surface area contributed by atoms with Crippen molar-refractivity contribution in [2.45, 2.75) is 39.7 Å². The van der Waals surface area contributed by atoms with Gasteiger partial charge in [-0.15, -0.1) is 10.2 Å². The van der Waals surface area contributed by atoms with Crippen molar-refractivity contribution in [1.82, 2.24) is 15.0 Å². The Hall–Kier alpha value is -3.67. The smallest absolute Gasteiger partial charge is 0.255 e. The van der Waals surface area contributed by atoms with Gasteiger partial charge in [0.2, 0.25) is 0 Å². The summed E-state index contributed by atoms with van der Waals surface area (Å²) in [7, 11) is 0. The summed E-state index contributed by atoms with van der Waals surface area (Å²) in [6.45, 7) is 6.22. The minimum atomic E-state index is -0.183. The van der Waals surface area contributed by atoms with E-state index in [1.54, 1.807) is 16.9 Å². The zero-order chi connectivity index (χ0) is 21.8. The first kappa shape index (κ1) is 20.6. The van der Waals surface area contributed by atoms with E-state index in [9.17, 15) is 4.79 Å². The second-order valence-corrected chi connectivity index (χ2v) is 7.53. The zero-order valence-electron chi connectivity index (χ0n) is 18.0. The van der Waals surface area contributed by atoms with Gasteiger partial charge in [-0.2, -0.15) is 4.80 Å². The van der Waals surface area contributed by atoms with E-state index in [1.165, 1.54) is 5.56 Å². The molecule has 0 saturated heterocycles. The average molecular weight is 415 g/mol. The number of aromatic nitrogens is 3. The molecule has 1 aromatic heterocycles. The first-order valence-electron chi connectivity index (χ1n) is 10.6. The predicted octanol–water partition coefficient (Wildman–Crippen LogP) is 5.41. The number of amides is 1. The molecule has 0 unspecified atom stereocenters. The van der Waals surface area contributed by atoms with Gasteiger partial charge in [0.15, 0.2) is 0 Å². The lowest BCUT2D eigenvalue weighted by molar-refractivity contribution is 0.102. The Balaban J connectivity index is 1.48. The van der Waals surface area contributed by atoms with E-state index in [1.807, 2.05) is 49.4 Å². The van der Waals surface area contributed by atoms with Crippen molar-refractivity contribution < 1.29 is 9.53 Å². The quantitative estimate of drug-likeness (QED) is 0.439. The highest BCUT2D eigenvalue weighted by Gasteiger charge is 2.10. The number of carbonyl (C=O) groups is 1. The molecule has 1 N–H and O–H groups in total. The molecule has 0 spiro atoms. The molecule has 31 heavy (non-hydrogen) atoms. The summed E-state index contributed by atoms with van der Waals surface area (Å²) in [6.07, 6.45) is 2.06. The lowest BCUT2D eigenvalue weighted by Crippen LogP contribution is -2.12. The number of nitrogens with one attached hydrogen (secondary N) is 1. The molecule has 0 saturated carbocycles. The minimum Gasteiger partial charge on any atom is -0.491 e. The molecular weight excluding hydrogens is 388 g/mol. The highest BCUT2D eigenvalue weighted by atomic mass is 16.5. The number of nitrogens with zero attached hydrogens (tertiary/aromatic N) is 3. The van der Waals surface area contributed by atoms with E-state index in [4.69, 9.17) is 4.74 Å². The molecule has 0 fully saturated rings. The second-order valence-electron chi connectivity index (χ2n) is 7.53. The number of hydrogen-bond donors (Lipinski definition) is 1. The van der Waals surface area contributed by atoms with Gasteiger partial charge in [-0.05, 0) is 79.9 Å². The number of ether oxygens (including phenoxy) is 1. The van der Waals surface area contributed by atoms with Crippen LogP contribution in [0.2, 0.25) is 0 Å². The Labute approximate surface area is 181 Å². The van der Waals surface area contributed by atoms with Crippen LogP contribution in [0.15, 0.2) is 66.7 Å². The molecule has 1 atom stereocenters. The van der Waals surface area contributed by atoms with Crippen molar-refractivity contribution >= 4 is 22.6 Å². The van der Waals surface area contributed by atoms with E-state index in [-0.39, 0.29) is 12.0 Å². The van der Waals surface area contributed by atoms with Crippen LogP contribution in [0.4, 0.5) is 5.69 Å². The molecule has 6 nitrogen and oxygen atoms in total. The lowest BCUT2D eigenvalue weighted by atomic mass is 10.2.